The molecule has 6 heteroatoms. The van der Waals surface area contributed by atoms with E-state index in [0.29, 0.717) is 6.42 Å². The zero-order valence-electron chi connectivity index (χ0n) is 14.5. The Morgan fingerprint density at radius 2 is 1.88 bits per heavy atom. The van der Waals surface area contributed by atoms with Gasteiger partial charge in [-0.3, -0.25) is 4.79 Å². The Hall–Kier alpha value is -2.63. The number of carboxylic acids is 1. The summed E-state index contributed by atoms with van der Waals surface area (Å²) >= 11 is 0. The SMILES string of the molecule is C=CCCCCCC[C@H](NC(=O)c1cccc(C(=O)OC)c1)C(=O)O. The van der Waals surface area contributed by atoms with Crippen molar-refractivity contribution in [2.75, 3.05) is 7.11 Å². The molecule has 0 unspecified atom stereocenters. The van der Waals surface area contributed by atoms with Gasteiger partial charge in [-0.2, -0.15) is 0 Å². The van der Waals surface area contributed by atoms with Gasteiger partial charge in [-0.05, 0) is 37.5 Å². The number of carbonyl (C=O) groups is 3. The highest BCUT2D eigenvalue weighted by Gasteiger charge is 2.20. The highest BCUT2D eigenvalue weighted by atomic mass is 16.5. The van der Waals surface area contributed by atoms with Crippen molar-refractivity contribution in [1.82, 2.24) is 5.32 Å². The van der Waals surface area contributed by atoms with Crippen LogP contribution in [-0.4, -0.2) is 36.1 Å². The number of carbonyl (C=O) groups excluding carboxylic acids is 2. The summed E-state index contributed by atoms with van der Waals surface area (Å²) in [6.45, 7) is 3.66. The molecule has 0 radical (unpaired) electrons. The average molecular weight is 347 g/mol. The number of benzene rings is 1. The number of rotatable bonds is 11. The van der Waals surface area contributed by atoms with Gasteiger partial charge >= 0.3 is 11.9 Å². The second-order valence-corrected chi connectivity index (χ2v) is 5.72. The number of hydrogen-bond acceptors (Lipinski definition) is 4. The molecule has 0 aliphatic carbocycles. The molecule has 0 heterocycles. The van der Waals surface area contributed by atoms with Crippen LogP contribution in [0.15, 0.2) is 36.9 Å². The number of carboxylic acid groups (broad SMARTS) is 1. The van der Waals surface area contributed by atoms with Crippen molar-refractivity contribution in [2.24, 2.45) is 0 Å². The highest BCUT2D eigenvalue weighted by Crippen LogP contribution is 2.10. The van der Waals surface area contributed by atoms with Gasteiger partial charge < -0.3 is 15.2 Å². The summed E-state index contributed by atoms with van der Waals surface area (Å²) in [4.78, 5) is 35.1. The van der Waals surface area contributed by atoms with Crippen molar-refractivity contribution in [2.45, 2.75) is 44.6 Å². The van der Waals surface area contributed by atoms with Crippen molar-refractivity contribution in [3.63, 3.8) is 0 Å². The molecule has 2 N–H and O–H groups in total. The van der Waals surface area contributed by atoms with E-state index in [9.17, 15) is 19.5 Å². The second-order valence-electron chi connectivity index (χ2n) is 5.72. The Bertz CT molecular complexity index is 612. The van der Waals surface area contributed by atoms with Crippen LogP contribution in [0, 0.1) is 0 Å². The molecule has 1 amide bonds. The maximum atomic E-state index is 12.3. The van der Waals surface area contributed by atoms with Gasteiger partial charge in [0, 0.05) is 5.56 Å². The fourth-order valence-corrected chi connectivity index (χ4v) is 2.39. The number of allylic oxidation sites excluding steroid dienone is 1. The summed E-state index contributed by atoms with van der Waals surface area (Å²) in [6.07, 6.45) is 6.85. The summed E-state index contributed by atoms with van der Waals surface area (Å²) < 4.78 is 4.61. The van der Waals surface area contributed by atoms with Gasteiger partial charge in [0.05, 0.1) is 12.7 Å². The van der Waals surface area contributed by atoms with Gasteiger partial charge in [0.15, 0.2) is 0 Å². The topological polar surface area (TPSA) is 92.7 Å². The van der Waals surface area contributed by atoms with Gasteiger partial charge in [-0.15, -0.1) is 6.58 Å². The highest BCUT2D eigenvalue weighted by molar-refractivity contribution is 5.99. The minimum absolute atomic E-state index is 0.222. The molecule has 0 saturated carbocycles. The van der Waals surface area contributed by atoms with Crippen LogP contribution < -0.4 is 5.32 Å². The predicted molar refractivity (Wildman–Crippen MR) is 94.6 cm³/mol. The zero-order valence-corrected chi connectivity index (χ0v) is 14.5. The van der Waals surface area contributed by atoms with Gasteiger partial charge in [0.1, 0.15) is 6.04 Å². The van der Waals surface area contributed by atoms with E-state index in [0.717, 1.165) is 32.1 Å². The quantitative estimate of drug-likeness (QED) is 0.364. The van der Waals surface area contributed by atoms with E-state index in [1.54, 1.807) is 6.07 Å². The van der Waals surface area contributed by atoms with Crippen LogP contribution in [0.3, 0.4) is 0 Å². The number of methoxy groups -OCH3 is 1. The molecule has 1 aromatic carbocycles. The number of ether oxygens (including phenoxy) is 1. The Balaban J connectivity index is 2.60. The number of esters is 1. The van der Waals surface area contributed by atoms with Crippen LogP contribution in [0.2, 0.25) is 0 Å². The molecule has 0 bridgehead atoms. The van der Waals surface area contributed by atoms with Crippen LogP contribution in [0.5, 0.6) is 0 Å². The third-order valence-corrected chi connectivity index (χ3v) is 3.80. The Morgan fingerprint density at radius 3 is 2.52 bits per heavy atom. The van der Waals surface area contributed by atoms with E-state index in [1.807, 2.05) is 6.08 Å². The lowest BCUT2D eigenvalue weighted by molar-refractivity contribution is -0.139. The third-order valence-electron chi connectivity index (χ3n) is 3.80. The molecule has 1 aromatic rings. The molecular weight excluding hydrogens is 322 g/mol. The molecule has 0 spiro atoms. The molecule has 136 valence electrons. The number of nitrogens with one attached hydrogen (secondary N) is 1. The van der Waals surface area contributed by atoms with Crippen LogP contribution in [0.1, 0.15) is 59.2 Å². The number of amides is 1. The van der Waals surface area contributed by atoms with E-state index >= 15 is 0 Å². The number of unbranched alkanes of at least 4 members (excludes halogenated alkanes) is 4. The first-order chi connectivity index (χ1) is 12.0. The fraction of sp³-hybridized carbons (Fsp3) is 0.421. The maximum Gasteiger partial charge on any atom is 0.337 e. The van der Waals surface area contributed by atoms with Crippen LogP contribution in [-0.2, 0) is 9.53 Å². The Morgan fingerprint density at radius 1 is 1.20 bits per heavy atom. The van der Waals surface area contributed by atoms with E-state index in [4.69, 9.17) is 0 Å². The molecule has 1 rings (SSSR count). The summed E-state index contributed by atoms with van der Waals surface area (Å²) in [7, 11) is 1.25. The van der Waals surface area contributed by atoms with E-state index in [1.165, 1.54) is 25.3 Å². The lowest BCUT2D eigenvalue weighted by Crippen LogP contribution is -2.40. The molecule has 1 atom stereocenters. The summed E-state index contributed by atoms with van der Waals surface area (Å²) in [6, 6.07) is 5.04. The second kappa shape index (κ2) is 11.0. The molecule has 6 nitrogen and oxygen atoms in total. The number of hydrogen-bond donors (Lipinski definition) is 2. The minimum Gasteiger partial charge on any atom is -0.480 e. The van der Waals surface area contributed by atoms with Crippen molar-refractivity contribution in [3.8, 4) is 0 Å². The maximum absolute atomic E-state index is 12.3. The fourth-order valence-electron chi connectivity index (χ4n) is 2.39. The first-order valence-electron chi connectivity index (χ1n) is 8.32. The van der Waals surface area contributed by atoms with Gasteiger partial charge in [0.25, 0.3) is 5.91 Å². The molecule has 0 aromatic heterocycles. The van der Waals surface area contributed by atoms with Crippen LogP contribution in [0.4, 0.5) is 0 Å². The zero-order chi connectivity index (χ0) is 18.7. The average Bonchev–Trinajstić information content (AvgIpc) is 2.62. The smallest absolute Gasteiger partial charge is 0.337 e. The first-order valence-corrected chi connectivity index (χ1v) is 8.32. The molecule has 0 aliphatic rings. The first kappa shape index (κ1) is 20.4. The van der Waals surface area contributed by atoms with Crippen LogP contribution in [0.25, 0.3) is 0 Å². The largest absolute Gasteiger partial charge is 0.480 e. The number of aliphatic carboxylic acids is 1. The third kappa shape index (κ3) is 7.20. The summed E-state index contributed by atoms with van der Waals surface area (Å²) in [5.41, 5.74) is 0.462. The molecule has 0 saturated heterocycles. The van der Waals surface area contributed by atoms with Crippen LogP contribution >= 0.6 is 0 Å². The molecular formula is C19H25NO5. The molecule has 25 heavy (non-hydrogen) atoms. The lowest BCUT2D eigenvalue weighted by Gasteiger charge is -2.14. The van der Waals surface area contributed by atoms with E-state index < -0.39 is 23.9 Å². The predicted octanol–water partition coefficient (Wildman–Crippen LogP) is 3.18. The van der Waals surface area contributed by atoms with Crippen molar-refractivity contribution in [1.29, 1.82) is 0 Å². The molecule has 0 fully saturated rings. The van der Waals surface area contributed by atoms with Crippen molar-refractivity contribution in [3.05, 3.63) is 48.0 Å². The summed E-state index contributed by atoms with van der Waals surface area (Å²) in [5, 5.41) is 11.8. The Kier molecular flexibility index (Phi) is 9.00. The van der Waals surface area contributed by atoms with Crippen molar-refractivity contribution >= 4 is 17.8 Å². The van der Waals surface area contributed by atoms with Gasteiger partial charge in [0.2, 0.25) is 0 Å². The Labute approximate surface area is 147 Å². The summed E-state index contributed by atoms with van der Waals surface area (Å²) in [5.74, 6) is -2.14. The standard InChI is InChI=1S/C19H25NO5/c1-3-4-5-6-7-8-12-16(18(22)23)20-17(21)14-10-9-11-15(13-14)19(24)25-2/h3,9-11,13,16H,1,4-8,12H2,2H3,(H,20,21)(H,22,23)/t16-/m0/s1. The van der Waals surface area contributed by atoms with Crippen molar-refractivity contribution < 1.29 is 24.2 Å². The normalized spacial score (nSPS) is 11.4. The lowest BCUT2D eigenvalue weighted by atomic mass is 10.1. The molecule has 0 aliphatic heterocycles. The minimum atomic E-state index is -1.07. The van der Waals surface area contributed by atoms with E-state index in [2.05, 4.69) is 16.6 Å². The van der Waals surface area contributed by atoms with Gasteiger partial charge in [-0.1, -0.05) is 31.4 Å². The van der Waals surface area contributed by atoms with E-state index in [-0.39, 0.29) is 11.1 Å². The van der Waals surface area contributed by atoms with Gasteiger partial charge in [-0.25, -0.2) is 9.59 Å². The monoisotopic (exact) mass is 347 g/mol.